The summed E-state index contributed by atoms with van der Waals surface area (Å²) in [7, 11) is 5.38. The van der Waals surface area contributed by atoms with Crippen molar-refractivity contribution in [3.63, 3.8) is 0 Å². The summed E-state index contributed by atoms with van der Waals surface area (Å²) < 4.78 is 14.0. The van der Waals surface area contributed by atoms with Crippen LogP contribution >= 0.6 is 11.3 Å². The topological polar surface area (TPSA) is 39.7 Å². The Bertz CT molecular complexity index is 679. The maximum Gasteiger partial charge on any atom is 0.191 e. The minimum absolute atomic E-state index is 0.216. The third-order valence-electron chi connectivity index (χ3n) is 3.40. The van der Waals surface area contributed by atoms with Crippen LogP contribution < -0.4 is 15.5 Å². The van der Waals surface area contributed by atoms with Gasteiger partial charge in [-0.2, -0.15) is 0 Å². The smallest absolute Gasteiger partial charge is 0.191 e. The van der Waals surface area contributed by atoms with E-state index in [1.54, 1.807) is 35.4 Å². The standard InChI is InChI=1S/C17H23FN4S/c1-12-5-7-14(23-12)11-21-17(19-2)20-10-13-6-8-16(22(3)4)15(18)9-13/h5-9H,10-11H2,1-4H3,(H2,19,20,21). The van der Waals surface area contributed by atoms with Gasteiger partial charge in [0.2, 0.25) is 0 Å². The summed E-state index contributed by atoms with van der Waals surface area (Å²) in [4.78, 5) is 8.50. The number of nitrogens with one attached hydrogen (secondary N) is 2. The van der Waals surface area contributed by atoms with Gasteiger partial charge in [0.1, 0.15) is 5.82 Å². The number of rotatable bonds is 5. The molecular formula is C17H23FN4S. The molecule has 0 amide bonds. The van der Waals surface area contributed by atoms with Crippen LogP contribution in [-0.2, 0) is 13.1 Å². The lowest BCUT2D eigenvalue weighted by atomic mass is 10.2. The van der Waals surface area contributed by atoms with E-state index in [0.717, 1.165) is 12.1 Å². The van der Waals surface area contributed by atoms with Gasteiger partial charge in [0.05, 0.1) is 12.2 Å². The van der Waals surface area contributed by atoms with Crippen LogP contribution in [0.1, 0.15) is 15.3 Å². The van der Waals surface area contributed by atoms with Crippen molar-refractivity contribution in [3.8, 4) is 0 Å². The second-order valence-corrected chi connectivity index (χ2v) is 6.84. The van der Waals surface area contributed by atoms with E-state index >= 15 is 0 Å². The van der Waals surface area contributed by atoms with Crippen molar-refractivity contribution in [2.24, 2.45) is 4.99 Å². The first-order valence-electron chi connectivity index (χ1n) is 7.45. The van der Waals surface area contributed by atoms with Gasteiger partial charge in [-0.15, -0.1) is 11.3 Å². The Kier molecular flexibility index (Phi) is 5.98. The first-order chi connectivity index (χ1) is 11.0. The molecule has 1 aromatic carbocycles. The zero-order valence-corrected chi connectivity index (χ0v) is 14.8. The van der Waals surface area contributed by atoms with Gasteiger partial charge < -0.3 is 15.5 Å². The number of aryl methyl sites for hydroxylation is 1. The molecule has 0 spiro atoms. The molecule has 4 nitrogen and oxygen atoms in total. The van der Waals surface area contributed by atoms with Gasteiger partial charge in [0, 0.05) is 37.4 Å². The summed E-state index contributed by atoms with van der Waals surface area (Å²) >= 11 is 1.76. The van der Waals surface area contributed by atoms with Gasteiger partial charge in [-0.05, 0) is 36.8 Å². The average Bonchev–Trinajstić information content (AvgIpc) is 2.92. The van der Waals surface area contributed by atoms with Crippen LogP contribution in [0.15, 0.2) is 35.3 Å². The summed E-state index contributed by atoms with van der Waals surface area (Å²) in [6.07, 6.45) is 0. The normalized spacial score (nSPS) is 11.4. The number of anilines is 1. The monoisotopic (exact) mass is 334 g/mol. The van der Waals surface area contributed by atoms with Gasteiger partial charge in [-0.25, -0.2) is 4.39 Å². The summed E-state index contributed by atoms with van der Waals surface area (Å²) in [5, 5.41) is 6.46. The van der Waals surface area contributed by atoms with Crippen LogP contribution in [-0.4, -0.2) is 27.1 Å². The molecule has 0 saturated carbocycles. The number of hydrogen-bond acceptors (Lipinski definition) is 3. The van der Waals surface area contributed by atoms with E-state index in [2.05, 4.69) is 34.7 Å². The average molecular weight is 334 g/mol. The Balaban J connectivity index is 1.89. The van der Waals surface area contributed by atoms with E-state index < -0.39 is 0 Å². The largest absolute Gasteiger partial charge is 0.375 e. The molecule has 0 saturated heterocycles. The molecule has 2 rings (SSSR count). The predicted molar refractivity (Wildman–Crippen MR) is 96.8 cm³/mol. The molecule has 0 bridgehead atoms. The summed E-state index contributed by atoms with van der Waals surface area (Å²) in [5.41, 5.74) is 1.47. The Morgan fingerprint density at radius 2 is 1.91 bits per heavy atom. The Hall–Kier alpha value is -2.08. The van der Waals surface area contributed by atoms with E-state index in [1.807, 2.05) is 20.2 Å². The molecule has 0 aliphatic carbocycles. The van der Waals surface area contributed by atoms with Gasteiger partial charge in [0.15, 0.2) is 5.96 Å². The quantitative estimate of drug-likeness (QED) is 0.652. The number of halogens is 1. The van der Waals surface area contributed by atoms with Crippen LogP contribution in [0.2, 0.25) is 0 Å². The highest BCUT2D eigenvalue weighted by Crippen LogP contribution is 2.18. The molecule has 23 heavy (non-hydrogen) atoms. The van der Waals surface area contributed by atoms with Crippen LogP contribution in [0.3, 0.4) is 0 Å². The van der Waals surface area contributed by atoms with Gasteiger partial charge in [-0.3, -0.25) is 4.99 Å². The summed E-state index contributed by atoms with van der Waals surface area (Å²) in [6.45, 7) is 3.34. The molecule has 2 aromatic rings. The molecule has 1 aromatic heterocycles. The Morgan fingerprint density at radius 3 is 2.48 bits per heavy atom. The first kappa shape index (κ1) is 17.3. The van der Waals surface area contributed by atoms with Crippen LogP contribution in [0.25, 0.3) is 0 Å². The van der Waals surface area contributed by atoms with Crippen LogP contribution in [0.4, 0.5) is 10.1 Å². The SMILES string of the molecule is CN=C(NCc1ccc(N(C)C)c(F)c1)NCc1ccc(C)s1. The molecule has 2 N–H and O–H groups in total. The summed E-state index contributed by atoms with van der Waals surface area (Å²) in [6, 6.07) is 9.47. The van der Waals surface area contributed by atoms with Gasteiger partial charge in [0.25, 0.3) is 0 Å². The molecule has 0 radical (unpaired) electrons. The van der Waals surface area contributed by atoms with Crippen LogP contribution in [0.5, 0.6) is 0 Å². The summed E-state index contributed by atoms with van der Waals surface area (Å²) in [5.74, 6) is 0.486. The van der Waals surface area contributed by atoms with Crippen molar-refractivity contribution in [2.45, 2.75) is 20.0 Å². The maximum atomic E-state index is 14.0. The number of guanidine groups is 1. The molecular weight excluding hydrogens is 311 g/mol. The van der Waals surface area contributed by atoms with Crippen molar-refractivity contribution in [1.82, 2.24) is 10.6 Å². The number of benzene rings is 1. The highest BCUT2D eigenvalue weighted by Gasteiger charge is 2.06. The third-order valence-corrected chi connectivity index (χ3v) is 4.40. The van der Waals surface area contributed by atoms with E-state index in [1.165, 1.54) is 9.75 Å². The van der Waals surface area contributed by atoms with Crippen molar-refractivity contribution in [3.05, 3.63) is 51.5 Å². The molecule has 0 atom stereocenters. The van der Waals surface area contributed by atoms with Gasteiger partial charge in [-0.1, -0.05) is 6.07 Å². The Labute approximate surface area is 141 Å². The molecule has 0 unspecified atom stereocenters. The van der Waals surface area contributed by atoms with Crippen molar-refractivity contribution >= 4 is 23.0 Å². The number of nitrogens with zero attached hydrogens (tertiary/aromatic N) is 2. The van der Waals surface area contributed by atoms with Crippen molar-refractivity contribution < 1.29 is 4.39 Å². The highest BCUT2D eigenvalue weighted by atomic mass is 32.1. The number of aliphatic imine (C=N–C) groups is 1. The first-order valence-corrected chi connectivity index (χ1v) is 8.27. The maximum absolute atomic E-state index is 14.0. The van der Waals surface area contributed by atoms with Crippen LogP contribution in [0, 0.1) is 12.7 Å². The molecule has 1 heterocycles. The predicted octanol–water partition coefficient (Wildman–Crippen LogP) is 3.13. The fourth-order valence-electron chi connectivity index (χ4n) is 2.18. The second kappa shape index (κ2) is 7.97. The lowest BCUT2D eigenvalue weighted by Crippen LogP contribution is -2.36. The van der Waals surface area contributed by atoms with E-state index in [9.17, 15) is 4.39 Å². The third kappa shape index (κ3) is 4.96. The zero-order chi connectivity index (χ0) is 16.8. The minimum Gasteiger partial charge on any atom is -0.375 e. The Morgan fingerprint density at radius 1 is 1.17 bits per heavy atom. The lowest BCUT2D eigenvalue weighted by Gasteiger charge is -2.15. The molecule has 0 aliphatic rings. The highest BCUT2D eigenvalue weighted by molar-refractivity contribution is 7.11. The second-order valence-electron chi connectivity index (χ2n) is 5.47. The molecule has 0 fully saturated rings. The zero-order valence-electron chi connectivity index (χ0n) is 14.0. The number of thiophene rings is 1. The molecule has 0 aliphatic heterocycles. The molecule has 6 heteroatoms. The minimum atomic E-state index is -0.216. The van der Waals surface area contributed by atoms with E-state index in [-0.39, 0.29) is 5.82 Å². The van der Waals surface area contributed by atoms with Gasteiger partial charge >= 0.3 is 0 Å². The lowest BCUT2D eigenvalue weighted by molar-refractivity contribution is 0.623. The molecule has 124 valence electrons. The number of hydrogen-bond donors (Lipinski definition) is 2. The van der Waals surface area contributed by atoms with Crippen molar-refractivity contribution in [1.29, 1.82) is 0 Å². The fourth-order valence-corrected chi connectivity index (χ4v) is 3.01. The van der Waals surface area contributed by atoms with Crippen molar-refractivity contribution in [2.75, 3.05) is 26.0 Å². The fraction of sp³-hybridized carbons (Fsp3) is 0.353. The van der Waals surface area contributed by atoms with E-state index in [4.69, 9.17) is 0 Å². The van der Waals surface area contributed by atoms with E-state index in [0.29, 0.717) is 18.2 Å².